The zero-order valence-electron chi connectivity index (χ0n) is 12.0. The van der Waals surface area contributed by atoms with Gasteiger partial charge in [0.25, 0.3) is 0 Å². The summed E-state index contributed by atoms with van der Waals surface area (Å²) in [5.74, 6) is 0.856. The summed E-state index contributed by atoms with van der Waals surface area (Å²) in [6, 6.07) is 0. The summed E-state index contributed by atoms with van der Waals surface area (Å²) < 4.78 is 4.93. The van der Waals surface area contributed by atoms with Crippen LogP contribution in [0.15, 0.2) is 11.6 Å². The van der Waals surface area contributed by atoms with Crippen molar-refractivity contribution >= 4 is 5.97 Å². The first-order valence-electron chi connectivity index (χ1n) is 6.87. The smallest absolute Gasteiger partial charge is 0.309 e. The fourth-order valence-corrected chi connectivity index (χ4v) is 3.07. The Kier molecular flexibility index (Phi) is 5.86. The monoisotopic (exact) mass is 254 g/mol. The molecule has 0 aromatic rings. The van der Waals surface area contributed by atoms with Crippen molar-refractivity contribution in [2.45, 2.75) is 40.0 Å². The molecule has 1 aliphatic carbocycles. The number of carbonyl (C=O) groups excluding carboxylic acids is 1. The highest BCUT2D eigenvalue weighted by Crippen LogP contribution is 2.38. The van der Waals surface area contributed by atoms with Crippen molar-refractivity contribution in [3.05, 3.63) is 11.6 Å². The van der Waals surface area contributed by atoms with E-state index in [0.29, 0.717) is 11.8 Å². The van der Waals surface area contributed by atoms with Gasteiger partial charge in [-0.1, -0.05) is 25.5 Å². The van der Waals surface area contributed by atoms with Crippen LogP contribution in [0.25, 0.3) is 0 Å². The molecule has 0 bridgehead atoms. The van der Waals surface area contributed by atoms with E-state index in [0.717, 1.165) is 19.3 Å². The minimum absolute atomic E-state index is 0.0438. The Hall–Kier alpha value is -0.830. The van der Waals surface area contributed by atoms with Crippen LogP contribution < -0.4 is 0 Å². The van der Waals surface area contributed by atoms with Crippen molar-refractivity contribution in [2.75, 3.05) is 13.7 Å². The second-order valence-electron chi connectivity index (χ2n) is 5.68. The molecular formula is C15H26O3. The van der Waals surface area contributed by atoms with Crippen molar-refractivity contribution < 1.29 is 14.6 Å². The van der Waals surface area contributed by atoms with E-state index in [1.54, 1.807) is 0 Å². The molecule has 0 aliphatic heterocycles. The van der Waals surface area contributed by atoms with Crippen molar-refractivity contribution in [3.63, 3.8) is 0 Å². The molecule has 1 rings (SSSR count). The van der Waals surface area contributed by atoms with Crippen molar-refractivity contribution in [1.82, 2.24) is 0 Å². The van der Waals surface area contributed by atoms with E-state index in [1.807, 2.05) is 0 Å². The topological polar surface area (TPSA) is 46.5 Å². The number of rotatable bonds is 5. The van der Waals surface area contributed by atoms with Gasteiger partial charge in [-0.05, 0) is 43.9 Å². The molecule has 0 heterocycles. The van der Waals surface area contributed by atoms with E-state index in [2.05, 4.69) is 26.8 Å². The largest absolute Gasteiger partial charge is 0.469 e. The Labute approximate surface area is 110 Å². The van der Waals surface area contributed by atoms with Gasteiger partial charge in [-0.25, -0.2) is 0 Å². The molecule has 1 N–H and O–H groups in total. The van der Waals surface area contributed by atoms with E-state index < -0.39 is 0 Å². The third-order valence-electron chi connectivity index (χ3n) is 4.11. The Bertz CT molecular complexity index is 307. The molecule has 104 valence electrons. The molecule has 0 fully saturated rings. The average Bonchev–Trinajstić information content (AvgIpc) is 2.34. The summed E-state index contributed by atoms with van der Waals surface area (Å²) in [5.41, 5.74) is 1.35. The third-order valence-corrected chi connectivity index (χ3v) is 4.11. The van der Waals surface area contributed by atoms with Crippen molar-refractivity contribution in [3.8, 4) is 0 Å². The highest BCUT2D eigenvalue weighted by Gasteiger charge is 2.36. The van der Waals surface area contributed by atoms with Crippen molar-refractivity contribution in [1.29, 1.82) is 0 Å². The molecule has 3 heteroatoms. The summed E-state index contributed by atoms with van der Waals surface area (Å²) in [6.07, 6.45) is 4.82. The number of allylic oxidation sites excluding steroid dienone is 2. The van der Waals surface area contributed by atoms with Gasteiger partial charge in [0.05, 0.1) is 13.0 Å². The average molecular weight is 254 g/mol. The predicted octanol–water partition coefficient (Wildman–Crippen LogP) is 2.79. The molecule has 0 aromatic heterocycles. The van der Waals surface area contributed by atoms with Gasteiger partial charge in [0, 0.05) is 6.61 Å². The highest BCUT2D eigenvalue weighted by atomic mass is 16.5. The Balaban J connectivity index is 2.95. The van der Waals surface area contributed by atoms with Crippen molar-refractivity contribution in [2.24, 2.45) is 23.7 Å². The van der Waals surface area contributed by atoms with Gasteiger partial charge in [0.2, 0.25) is 0 Å². The maximum atomic E-state index is 11.9. The standard InChI is InChI=1S/C15H26O3/c1-10(2)12(7-8-16)14-9-11(3)5-6-13(14)15(17)18-4/h9-10,12-14,16H,5-8H2,1-4H3/t12-,13-,14+/m1/s1. The van der Waals surface area contributed by atoms with E-state index in [-0.39, 0.29) is 24.4 Å². The number of aliphatic hydroxyl groups is 1. The van der Waals surface area contributed by atoms with E-state index in [9.17, 15) is 9.90 Å². The second kappa shape index (κ2) is 6.93. The van der Waals surface area contributed by atoms with E-state index in [1.165, 1.54) is 12.7 Å². The summed E-state index contributed by atoms with van der Waals surface area (Å²) in [6.45, 7) is 6.62. The summed E-state index contributed by atoms with van der Waals surface area (Å²) in [4.78, 5) is 11.9. The molecule has 0 radical (unpaired) electrons. The van der Waals surface area contributed by atoms with Crippen LogP contribution in [0.4, 0.5) is 0 Å². The molecule has 0 saturated heterocycles. The van der Waals surface area contributed by atoms with Crippen LogP contribution in [0.2, 0.25) is 0 Å². The van der Waals surface area contributed by atoms with E-state index >= 15 is 0 Å². The molecule has 3 nitrogen and oxygen atoms in total. The lowest BCUT2D eigenvalue weighted by Crippen LogP contribution is -2.34. The quantitative estimate of drug-likeness (QED) is 0.606. The van der Waals surface area contributed by atoms with Gasteiger partial charge in [0.15, 0.2) is 0 Å². The van der Waals surface area contributed by atoms with Gasteiger partial charge in [-0.15, -0.1) is 0 Å². The summed E-state index contributed by atoms with van der Waals surface area (Å²) in [5, 5.41) is 9.23. The van der Waals surface area contributed by atoms with Crippen LogP contribution in [0.5, 0.6) is 0 Å². The Morgan fingerprint density at radius 2 is 2.22 bits per heavy atom. The van der Waals surface area contributed by atoms with Crippen LogP contribution in [0.3, 0.4) is 0 Å². The zero-order chi connectivity index (χ0) is 13.7. The molecule has 1 aliphatic rings. The molecular weight excluding hydrogens is 228 g/mol. The normalized spacial score (nSPS) is 25.8. The summed E-state index contributed by atoms with van der Waals surface area (Å²) in [7, 11) is 1.46. The number of hydrogen-bond acceptors (Lipinski definition) is 3. The first kappa shape index (κ1) is 15.2. The van der Waals surface area contributed by atoms with Crippen LogP contribution in [0.1, 0.15) is 40.0 Å². The minimum Gasteiger partial charge on any atom is -0.469 e. The first-order valence-corrected chi connectivity index (χ1v) is 6.87. The molecule has 0 saturated carbocycles. The number of hydrogen-bond donors (Lipinski definition) is 1. The van der Waals surface area contributed by atoms with Gasteiger partial charge in [-0.2, -0.15) is 0 Å². The van der Waals surface area contributed by atoms with Gasteiger partial charge >= 0.3 is 5.97 Å². The van der Waals surface area contributed by atoms with Crippen LogP contribution in [-0.2, 0) is 9.53 Å². The number of esters is 1. The zero-order valence-corrected chi connectivity index (χ0v) is 12.0. The number of methoxy groups -OCH3 is 1. The minimum atomic E-state index is -0.104. The lowest BCUT2D eigenvalue weighted by molar-refractivity contribution is -0.148. The Morgan fingerprint density at radius 3 is 2.72 bits per heavy atom. The van der Waals surface area contributed by atoms with Crippen LogP contribution in [-0.4, -0.2) is 24.8 Å². The van der Waals surface area contributed by atoms with Gasteiger partial charge in [-0.3, -0.25) is 4.79 Å². The number of aliphatic hydroxyl groups excluding tert-OH is 1. The number of carbonyl (C=O) groups is 1. The predicted molar refractivity (Wildman–Crippen MR) is 72.0 cm³/mol. The summed E-state index contributed by atoms with van der Waals surface area (Å²) >= 11 is 0. The highest BCUT2D eigenvalue weighted by molar-refractivity contribution is 5.73. The van der Waals surface area contributed by atoms with Crippen LogP contribution >= 0.6 is 0 Å². The molecule has 0 unspecified atom stereocenters. The van der Waals surface area contributed by atoms with E-state index in [4.69, 9.17) is 4.74 Å². The Morgan fingerprint density at radius 1 is 1.56 bits per heavy atom. The number of ether oxygens (including phenoxy) is 1. The van der Waals surface area contributed by atoms with Crippen LogP contribution in [0, 0.1) is 23.7 Å². The fourth-order valence-electron chi connectivity index (χ4n) is 3.07. The van der Waals surface area contributed by atoms with Gasteiger partial charge < -0.3 is 9.84 Å². The molecule has 18 heavy (non-hydrogen) atoms. The van der Waals surface area contributed by atoms with Gasteiger partial charge in [0.1, 0.15) is 0 Å². The second-order valence-corrected chi connectivity index (χ2v) is 5.68. The fraction of sp³-hybridized carbons (Fsp3) is 0.800. The molecule has 0 amide bonds. The lowest BCUT2D eigenvalue weighted by atomic mass is 9.69. The SMILES string of the molecule is COC(=O)[C@@H]1CCC(C)=C[C@H]1[C@H](CCO)C(C)C. The molecule has 3 atom stereocenters. The lowest BCUT2D eigenvalue weighted by Gasteiger charge is -2.35. The third kappa shape index (κ3) is 3.58. The maximum absolute atomic E-state index is 11.9. The molecule has 0 aromatic carbocycles. The first-order chi connectivity index (χ1) is 8.51. The maximum Gasteiger partial charge on any atom is 0.309 e. The molecule has 0 spiro atoms.